The second kappa shape index (κ2) is 5.60. The van der Waals surface area contributed by atoms with Crippen LogP contribution in [-0.4, -0.2) is 27.7 Å². The van der Waals surface area contributed by atoms with Gasteiger partial charge in [-0.2, -0.15) is 5.10 Å². The van der Waals surface area contributed by atoms with Crippen LogP contribution in [0.3, 0.4) is 0 Å². The largest absolute Gasteiger partial charge is 0.329 e. The monoisotopic (exact) mass is 368 g/mol. The van der Waals surface area contributed by atoms with Crippen LogP contribution in [0.4, 0.5) is 0 Å². The van der Waals surface area contributed by atoms with E-state index in [0.29, 0.717) is 11.1 Å². The highest BCUT2D eigenvalue weighted by Crippen LogP contribution is 2.21. The molecule has 0 amide bonds. The molecule has 126 valence electrons. The minimum Gasteiger partial charge on any atom is -0.306 e. The fraction of sp³-hybridized carbons (Fsp3) is 0.214. The number of H-pyrrole nitrogens is 1. The Balaban J connectivity index is 2.29. The van der Waals surface area contributed by atoms with E-state index in [2.05, 4.69) is 10.1 Å². The second-order valence-electron chi connectivity index (χ2n) is 5.44. The minimum atomic E-state index is -3.99. The third-order valence-corrected chi connectivity index (χ3v) is 4.98. The Bertz CT molecular complexity index is 1170. The van der Waals surface area contributed by atoms with Gasteiger partial charge in [-0.15, -0.1) is 0 Å². The first kappa shape index (κ1) is 16.5. The van der Waals surface area contributed by atoms with Crippen LogP contribution in [0.2, 0.25) is 0 Å². The summed E-state index contributed by atoms with van der Waals surface area (Å²) in [5, 5.41) is 4.07. The molecule has 0 saturated heterocycles. The normalized spacial score (nSPS) is 12.0. The molecule has 0 saturated carbocycles. The highest BCUT2D eigenvalue weighted by molar-refractivity contribution is 8.13. The van der Waals surface area contributed by atoms with Crippen LogP contribution in [0.25, 0.3) is 10.9 Å². The van der Waals surface area contributed by atoms with E-state index in [1.165, 1.54) is 12.1 Å². The lowest BCUT2D eigenvalue weighted by atomic mass is 10.1. The summed E-state index contributed by atoms with van der Waals surface area (Å²) in [6.45, 7) is 1.61. The molecule has 8 nitrogen and oxygen atoms in total. The van der Waals surface area contributed by atoms with Crippen LogP contribution in [-0.2, 0) is 22.6 Å². The number of hydrogen-bond acceptors (Lipinski definition) is 5. The molecule has 0 aliphatic carbocycles. The van der Waals surface area contributed by atoms with E-state index in [1.54, 1.807) is 31.0 Å². The molecule has 3 aromatic rings. The molecule has 1 N–H and O–H groups in total. The summed E-state index contributed by atoms with van der Waals surface area (Å²) >= 11 is 0. The lowest BCUT2D eigenvalue weighted by Gasteiger charge is -2.08. The van der Waals surface area contributed by atoms with Gasteiger partial charge in [0.05, 0.1) is 28.5 Å². The Labute approximate surface area is 140 Å². The number of benzene rings is 1. The van der Waals surface area contributed by atoms with Crippen molar-refractivity contribution in [1.29, 1.82) is 0 Å². The minimum absolute atomic E-state index is 0.0227. The maximum absolute atomic E-state index is 12.7. The van der Waals surface area contributed by atoms with Gasteiger partial charge in [0, 0.05) is 29.5 Å². The maximum atomic E-state index is 12.7. The molecule has 1 aromatic carbocycles. The molecule has 3 rings (SSSR count). The Morgan fingerprint density at radius 3 is 2.58 bits per heavy atom. The number of rotatable bonds is 3. The van der Waals surface area contributed by atoms with Gasteiger partial charge in [-0.1, -0.05) is 0 Å². The van der Waals surface area contributed by atoms with Crippen molar-refractivity contribution in [3.05, 3.63) is 56.5 Å². The summed E-state index contributed by atoms with van der Waals surface area (Å²) in [6.07, 6.45) is 3.22. The number of aromatic nitrogens is 4. The zero-order valence-corrected chi connectivity index (χ0v) is 14.3. The van der Waals surface area contributed by atoms with Crippen LogP contribution in [0.15, 0.2) is 39.0 Å². The Kier molecular flexibility index (Phi) is 3.84. The molecule has 0 radical (unpaired) electrons. The van der Waals surface area contributed by atoms with Gasteiger partial charge in [-0.25, -0.2) is 13.2 Å². The van der Waals surface area contributed by atoms with Crippen molar-refractivity contribution in [3.8, 4) is 0 Å². The van der Waals surface area contributed by atoms with Crippen LogP contribution >= 0.6 is 10.7 Å². The third kappa shape index (κ3) is 2.87. The molecule has 2 aromatic heterocycles. The Morgan fingerprint density at radius 1 is 1.29 bits per heavy atom. The summed E-state index contributed by atoms with van der Waals surface area (Å²) in [6, 6.07) is 2.48. The summed E-state index contributed by atoms with van der Waals surface area (Å²) in [7, 11) is 3.09. The van der Waals surface area contributed by atoms with Crippen LogP contribution in [0.5, 0.6) is 0 Å². The molecule has 0 aliphatic heterocycles. The van der Waals surface area contributed by atoms with Crippen LogP contribution in [0.1, 0.15) is 11.1 Å². The number of aryl methyl sites for hydroxylation is 2. The zero-order valence-electron chi connectivity index (χ0n) is 12.8. The average molecular weight is 369 g/mol. The number of nitrogens with zero attached hydrogens (tertiary/aromatic N) is 3. The predicted octanol–water partition coefficient (Wildman–Crippen LogP) is 0.708. The fourth-order valence-electron chi connectivity index (χ4n) is 2.52. The molecule has 10 heteroatoms. The Hall–Kier alpha value is -2.39. The summed E-state index contributed by atoms with van der Waals surface area (Å²) < 4.78 is 25.7. The van der Waals surface area contributed by atoms with Gasteiger partial charge in [0.1, 0.15) is 0 Å². The lowest BCUT2D eigenvalue weighted by molar-refractivity contribution is 0.609. The van der Waals surface area contributed by atoms with Crippen molar-refractivity contribution >= 4 is 30.6 Å². The summed E-state index contributed by atoms with van der Waals surface area (Å²) in [5.41, 5.74) is 0.219. The predicted molar refractivity (Wildman–Crippen MR) is 88.9 cm³/mol. The average Bonchev–Trinajstić information content (AvgIpc) is 2.89. The first-order valence-electron chi connectivity index (χ1n) is 6.86. The summed E-state index contributed by atoms with van der Waals surface area (Å²) in [4.78, 5) is 27.3. The van der Waals surface area contributed by atoms with Crippen molar-refractivity contribution in [3.63, 3.8) is 0 Å². The molecule has 0 fully saturated rings. The molecule has 0 aliphatic rings. The van der Waals surface area contributed by atoms with Crippen molar-refractivity contribution in [2.24, 2.45) is 7.05 Å². The van der Waals surface area contributed by atoms with Gasteiger partial charge in [0.25, 0.3) is 14.6 Å². The molecule has 0 unspecified atom stereocenters. The molecule has 2 heterocycles. The highest BCUT2D eigenvalue weighted by Gasteiger charge is 2.16. The molecule has 0 bridgehead atoms. The quantitative estimate of drug-likeness (QED) is 0.685. The van der Waals surface area contributed by atoms with Gasteiger partial charge < -0.3 is 4.98 Å². The van der Waals surface area contributed by atoms with E-state index in [1.807, 2.05) is 0 Å². The van der Waals surface area contributed by atoms with Crippen molar-refractivity contribution in [2.75, 3.05) is 0 Å². The Morgan fingerprint density at radius 2 is 2.00 bits per heavy atom. The first-order chi connectivity index (χ1) is 11.2. The number of nitrogens with one attached hydrogen (secondary N) is 1. The highest BCUT2D eigenvalue weighted by atomic mass is 35.7. The molecular formula is C14H13ClN4O4S. The number of aromatic amines is 1. The molecule has 24 heavy (non-hydrogen) atoms. The third-order valence-electron chi connectivity index (χ3n) is 3.64. The van der Waals surface area contributed by atoms with Crippen LogP contribution < -0.4 is 11.2 Å². The van der Waals surface area contributed by atoms with Crippen molar-refractivity contribution < 1.29 is 8.42 Å². The summed E-state index contributed by atoms with van der Waals surface area (Å²) in [5.74, 6) is 0. The SMILES string of the molecule is Cc1cc(S(=O)(=O)Cl)cc2c(=O)n(Cc3cnn(C)c3)c(=O)[nH]c12. The van der Waals surface area contributed by atoms with Gasteiger partial charge in [0.15, 0.2) is 0 Å². The topological polar surface area (TPSA) is 107 Å². The van der Waals surface area contributed by atoms with Gasteiger partial charge in [-0.3, -0.25) is 14.0 Å². The second-order valence-corrected chi connectivity index (χ2v) is 8.01. The maximum Gasteiger partial charge on any atom is 0.329 e. The number of halogens is 1. The smallest absolute Gasteiger partial charge is 0.306 e. The van der Waals surface area contributed by atoms with Gasteiger partial charge in [0.2, 0.25) is 0 Å². The first-order valence-corrected chi connectivity index (χ1v) is 9.17. The van der Waals surface area contributed by atoms with E-state index in [-0.39, 0.29) is 22.3 Å². The molecule has 0 atom stereocenters. The number of hydrogen-bond donors (Lipinski definition) is 1. The van der Waals surface area contributed by atoms with E-state index >= 15 is 0 Å². The number of fused-ring (bicyclic) bond motifs is 1. The van der Waals surface area contributed by atoms with E-state index in [4.69, 9.17) is 10.7 Å². The van der Waals surface area contributed by atoms with Crippen molar-refractivity contribution in [2.45, 2.75) is 18.4 Å². The van der Waals surface area contributed by atoms with Crippen LogP contribution in [0, 0.1) is 6.92 Å². The standard InChI is InChI=1S/C14H13ClN4O4S/c1-8-3-10(24(15,22)23)4-11-12(8)17-14(21)19(13(11)20)7-9-5-16-18(2)6-9/h3-6H,7H2,1-2H3,(H,17,21). The van der Waals surface area contributed by atoms with E-state index in [0.717, 1.165) is 4.57 Å². The van der Waals surface area contributed by atoms with Gasteiger partial charge >= 0.3 is 5.69 Å². The van der Waals surface area contributed by atoms with E-state index in [9.17, 15) is 18.0 Å². The van der Waals surface area contributed by atoms with E-state index < -0.39 is 20.3 Å². The van der Waals surface area contributed by atoms with Gasteiger partial charge in [-0.05, 0) is 24.6 Å². The zero-order chi connectivity index (χ0) is 17.6. The molecule has 0 spiro atoms. The molecular weight excluding hydrogens is 356 g/mol. The fourth-order valence-corrected chi connectivity index (χ4v) is 3.36. The van der Waals surface area contributed by atoms with Crippen molar-refractivity contribution in [1.82, 2.24) is 19.3 Å². The lowest BCUT2D eigenvalue weighted by Crippen LogP contribution is -2.35.